The molecule has 2 unspecified atom stereocenters. The number of nitrogens with one attached hydrogen (secondary N) is 1. The lowest BCUT2D eigenvalue weighted by molar-refractivity contribution is -0.124. The maximum atomic E-state index is 11.4. The van der Waals surface area contributed by atoms with Gasteiger partial charge in [-0.25, -0.2) is 0 Å². The number of carbonyl (C=O) groups excluding carboxylic acids is 1. The third-order valence-electron chi connectivity index (χ3n) is 4.37. The summed E-state index contributed by atoms with van der Waals surface area (Å²) in [6.07, 6.45) is 2.72. The number of benzene rings is 1. The number of piperidine rings is 2. The van der Waals surface area contributed by atoms with Crippen molar-refractivity contribution in [1.29, 1.82) is 0 Å². The second-order valence-corrected chi connectivity index (χ2v) is 5.54. The van der Waals surface area contributed by atoms with Crippen molar-refractivity contribution in [1.82, 2.24) is 5.32 Å². The predicted molar refractivity (Wildman–Crippen MR) is 75.8 cm³/mol. The molecule has 2 atom stereocenters. The first-order valence-corrected chi connectivity index (χ1v) is 7.10. The van der Waals surface area contributed by atoms with E-state index >= 15 is 0 Å². The van der Waals surface area contributed by atoms with Crippen LogP contribution in [0.2, 0.25) is 0 Å². The fourth-order valence-electron chi connectivity index (χ4n) is 3.32. The van der Waals surface area contributed by atoms with Crippen molar-refractivity contribution in [2.45, 2.75) is 31.8 Å². The molecule has 102 valence electrons. The molecule has 2 saturated heterocycles. The van der Waals surface area contributed by atoms with Gasteiger partial charge in [0.2, 0.25) is 5.91 Å². The third-order valence-corrected chi connectivity index (χ3v) is 4.37. The van der Waals surface area contributed by atoms with Crippen LogP contribution in [-0.4, -0.2) is 25.0 Å². The van der Waals surface area contributed by atoms with Gasteiger partial charge in [0.1, 0.15) is 0 Å². The lowest BCUT2D eigenvalue weighted by Crippen LogP contribution is -2.54. The summed E-state index contributed by atoms with van der Waals surface area (Å²) in [5.41, 5.74) is 8.30. The summed E-state index contributed by atoms with van der Waals surface area (Å²) in [7, 11) is 0. The summed E-state index contributed by atoms with van der Waals surface area (Å²) >= 11 is 0. The lowest BCUT2D eigenvalue weighted by atomic mass is 9.85. The minimum Gasteiger partial charge on any atom is -0.371 e. The molecule has 0 radical (unpaired) electrons. The molecule has 0 bridgehead atoms. The second kappa shape index (κ2) is 5.21. The van der Waals surface area contributed by atoms with Crippen LogP contribution in [0.1, 0.15) is 24.8 Å². The molecular weight excluding hydrogens is 238 g/mol. The second-order valence-electron chi connectivity index (χ2n) is 5.54. The van der Waals surface area contributed by atoms with Crippen molar-refractivity contribution in [3.05, 3.63) is 29.8 Å². The molecule has 3 rings (SSSR count). The Balaban J connectivity index is 1.76. The normalized spacial score (nSPS) is 26.8. The van der Waals surface area contributed by atoms with Crippen LogP contribution in [0.3, 0.4) is 0 Å². The van der Waals surface area contributed by atoms with Gasteiger partial charge in [-0.15, -0.1) is 0 Å². The number of amides is 1. The number of hydrogen-bond acceptors (Lipinski definition) is 3. The van der Waals surface area contributed by atoms with Crippen LogP contribution in [0.25, 0.3) is 0 Å². The highest BCUT2D eigenvalue weighted by Gasteiger charge is 2.34. The highest BCUT2D eigenvalue weighted by atomic mass is 16.1. The number of fused-ring (bicyclic) bond motifs is 1. The Morgan fingerprint density at radius 2 is 2.16 bits per heavy atom. The van der Waals surface area contributed by atoms with Crippen LogP contribution in [0.5, 0.6) is 0 Å². The standard InChI is InChI=1S/C15H21N3O/c16-9-11-3-1-2-4-14(11)18-8-7-13-12(10-18)5-6-15(19)17-13/h1-4,12-13H,5-10,16H2,(H,17,19). The van der Waals surface area contributed by atoms with Gasteiger partial charge in [0.25, 0.3) is 0 Å². The van der Waals surface area contributed by atoms with Crippen LogP contribution in [-0.2, 0) is 11.3 Å². The number of carbonyl (C=O) groups is 1. The van der Waals surface area contributed by atoms with E-state index in [0.717, 1.165) is 25.9 Å². The summed E-state index contributed by atoms with van der Waals surface area (Å²) in [6, 6.07) is 8.75. The molecule has 2 fully saturated rings. The quantitative estimate of drug-likeness (QED) is 0.840. The minimum absolute atomic E-state index is 0.219. The third kappa shape index (κ3) is 2.45. The first kappa shape index (κ1) is 12.5. The zero-order valence-electron chi connectivity index (χ0n) is 11.1. The Morgan fingerprint density at radius 3 is 3.00 bits per heavy atom. The molecule has 2 aliphatic heterocycles. The first-order valence-electron chi connectivity index (χ1n) is 7.10. The SMILES string of the molecule is NCc1ccccc1N1CCC2NC(=O)CCC2C1. The van der Waals surface area contributed by atoms with E-state index in [4.69, 9.17) is 5.73 Å². The van der Waals surface area contributed by atoms with E-state index < -0.39 is 0 Å². The zero-order chi connectivity index (χ0) is 13.2. The lowest BCUT2D eigenvalue weighted by Gasteiger charge is -2.42. The van der Waals surface area contributed by atoms with Crippen molar-refractivity contribution in [2.75, 3.05) is 18.0 Å². The Bertz CT molecular complexity index is 474. The molecule has 3 N–H and O–H groups in total. The summed E-state index contributed by atoms with van der Waals surface area (Å²) in [6.45, 7) is 2.61. The number of rotatable bonds is 2. The Kier molecular flexibility index (Phi) is 3.42. The molecule has 1 amide bonds. The Hall–Kier alpha value is -1.55. The minimum atomic E-state index is 0.219. The van der Waals surface area contributed by atoms with E-state index in [1.807, 2.05) is 6.07 Å². The molecule has 0 spiro atoms. The number of hydrogen-bond donors (Lipinski definition) is 2. The topological polar surface area (TPSA) is 58.4 Å². The van der Waals surface area contributed by atoms with Crippen LogP contribution < -0.4 is 16.0 Å². The van der Waals surface area contributed by atoms with E-state index in [2.05, 4.69) is 28.4 Å². The van der Waals surface area contributed by atoms with Crippen molar-refractivity contribution in [2.24, 2.45) is 11.7 Å². The van der Waals surface area contributed by atoms with E-state index in [-0.39, 0.29) is 5.91 Å². The molecule has 0 aromatic heterocycles. The molecule has 19 heavy (non-hydrogen) atoms. The van der Waals surface area contributed by atoms with E-state index in [0.29, 0.717) is 24.9 Å². The molecule has 0 aliphatic carbocycles. The summed E-state index contributed by atoms with van der Waals surface area (Å²) < 4.78 is 0. The molecule has 4 nitrogen and oxygen atoms in total. The van der Waals surface area contributed by atoms with Crippen molar-refractivity contribution in [3.8, 4) is 0 Å². The number of nitrogens with two attached hydrogens (primary N) is 1. The molecule has 0 saturated carbocycles. The number of nitrogens with zero attached hydrogens (tertiary/aromatic N) is 1. The highest BCUT2D eigenvalue weighted by Crippen LogP contribution is 2.30. The Morgan fingerprint density at radius 1 is 1.32 bits per heavy atom. The summed E-state index contributed by atoms with van der Waals surface area (Å²) in [4.78, 5) is 13.9. The van der Waals surface area contributed by atoms with E-state index in [1.165, 1.54) is 11.3 Å². The molecule has 4 heteroatoms. The van der Waals surface area contributed by atoms with Crippen LogP contribution in [0.15, 0.2) is 24.3 Å². The number of anilines is 1. The predicted octanol–water partition coefficient (Wildman–Crippen LogP) is 1.25. The molecule has 2 aliphatic rings. The summed E-state index contributed by atoms with van der Waals surface area (Å²) in [5.74, 6) is 0.800. The van der Waals surface area contributed by atoms with Gasteiger partial charge >= 0.3 is 0 Å². The van der Waals surface area contributed by atoms with Gasteiger partial charge in [0.05, 0.1) is 0 Å². The van der Waals surface area contributed by atoms with Gasteiger partial charge in [-0.1, -0.05) is 18.2 Å². The average molecular weight is 259 g/mol. The maximum absolute atomic E-state index is 11.4. The van der Waals surface area contributed by atoms with Gasteiger partial charge in [-0.2, -0.15) is 0 Å². The number of para-hydroxylation sites is 1. The van der Waals surface area contributed by atoms with Crippen LogP contribution >= 0.6 is 0 Å². The highest BCUT2D eigenvalue weighted by molar-refractivity contribution is 5.77. The largest absolute Gasteiger partial charge is 0.371 e. The smallest absolute Gasteiger partial charge is 0.220 e. The average Bonchev–Trinajstić information content (AvgIpc) is 2.46. The monoisotopic (exact) mass is 259 g/mol. The fourth-order valence-corrected chi connectivity index (χ4v) is 3.32. The molecular formula is C15H21N3O. The van der Waals surface area contributed by atoms with Crippen molar-refractivity contribution in [3.63, 3.8) is 0 Å². The molecule has 1 aromatic rings. The van der Waals surface area contributed by atoms with Gasteiger partial charge < -0.3 is 16.0 Å². The Labute approximate surface area is 114 Å². The first-order chi connectivity index (χ1) is 9.28. The van der Waals surface area contributed by atoms with Crippen molar-refractivity contribution < 1.29 is 4.79 Å². The van der Waals surface area contributed by atoms with Crippen LogP contribution in [0, 0.1) is 5.92 Å². The van der Waals surface area contributed by atoms with Gasteiger partial charge in [-0.05, 0) is 30.4 Å². The van der Waals surface area contributed by atoms with Gasteiger partial charge in [0.15, 0.2) is 0 Å². The van der Waals surface area contributed by atoms with Crippen molar-refractivity contribution >= 4 is 11.6 Å². The van der Waals surface area contributed by atoms with E-state index in [9.17, 15) is 4.79 Å². The van der Waals surface area contributed by atoms with Gasteiger partial charge in [0, 0.05) is 37.8 Å². The maximum Gasteiger partial charge on any atom is 0.220 e. The van der Waals surface area contributed by atoms with Gasteiger partial charge in [-0.3, -0.25) is 4.79 Å². The zero-order valence-corrected chi connectivity index (χ0v) is 11.1. The fraction of sp³-hybridized carbons (Fsp3) is 0.533. The molecule has 2 heterocycles. The van der Waals surface area contributed by atoms with Crippen LogP contribution in [0.4, 0.5) is 5.69 Å². The molecule has 1 aromatic carbocycles. The summed E-state index contributed by atoms with van der Waals surface area (Å²) in [5, 5.41) is 3.13. The van der Waals surface area contributed by atoms with E-state index in [1.54, 1.807) is 0 Å².